The van der Waals surface area contributed by atoms with E-state index < -0.39 is 0 Å². The third-order valence-electron chi connectivity index (χ3n) is 5.52. The van der Waals surface area contributed by atoms with Crippen molar-refractivity contribution in [2.75, 3.05) is 37.1 Å². The Kier molecular flexibility index (Phi) is 5.86. The van der Waals surface area contributed by atoms with Crippen molar-refractivity contribution in [3.63, 3.8) is 0 Å². The van der Waals surface area contributed by atoms with Crippen LogP contribution < -0.4 is 19.3 Å². The molecule has 3 heterocycles. The lowest BCUT2D eigenvalue weighted by atomic mass is 10.1. The Morgan fingerprint density at radius 1 is 0.941 bits per heavy atom. The maximum atomic E-state index is 13.5. The summed E-state index contributed by atoms with van der Waals surface area (Å²) in [7, 11) is 3.98. The van der Waals surface area contributed by atoms with E-state index in [1.54, 1.807) is 23.2 Å². The second-order valence-electron chi connectivity index (χ2n) is 8.07. The number of aromatic nitrogens is 2. The second kappa shape index (κ2) is 9.27. The molecule has 0 saturated carbocycles. The van der Waals surface area contributed by atoms with E-state index in [4.69, 9.17) is 14.0 Å². The van der Waals surface area contributed by atoms with Crippen molar-refractivity contribution in [2.45, 2.75) is 6.54 Å². The zero-order valence-corrected chi connectivity index (χ0v) is 19.0. The molecule has 8 heteroatoms. The van der Waals surface area contributed by atoms with Gasteiger partial charge in [-0.2, -0.15) is 0 Å². The highest BCUT2D eigenvalue weighted by molar-refractivity contribution is 6.04. The number of pyridine rings is 1. The highest BCUT2D eigenvalue weighted by Crippen LogP contribution is 2.35. The van der Waals surface area contributed by atoms with Gasteiger partial charge in [0.15, 0.2) is 23.0 Å². The predicted octanol–water partition coefficient (Wildman–Crippen LogP) is 4.42. The van der Waals surface area contributed by atoms with E-state index in [1.165, 1.54) is 0 Å². The van der Waals surface area contributed by atoms with Crippen molar-refractivity contribution in [3.05, 3.63) is 84.2 Å². The van der Waals surface area contributed by atoms with E-state index in [1.807, 2.05) is 73.6 Å². The van der Waals surface area contributed by atoms with Gasteiger partial charge in [-0.05, 0) is 48.0 Å². The minimum Gasteiger partial charge on any atom is -0.486 e. The molecule has 0 saturated heterocycles. The van der Waals surface area contributed by atoms with Gasteiger partial charge in [-0.15, -0.1) is 0 Å². The first kappa shape index (κ1) is 21.5. The Balaban J connectivity index is 1.42. The number of fused-ring (bicyclic) bond motifs is 1. The molecule has 0 bridgehead atoms. The molecule has 0 fully saturated rings. The van der Waals surface area contributed by atoms with Gasteiger partial charge < -0.3 is 18.9 Å². The van der Waals surface area contributed by atoms with Crippen molar-refractivity contribution in [3.8, 4) is 22.8 Å². The summed E-state index contributed by atoms with van der Waals surface area (Å²) in [5, 5.41) is 4.06. The van der Waals surface area contributed by atoms with E-state index in [-0.39, 0.29) is 11.6 Å². The average Bonchev–Trinajstić information content (AvgIpc) is 3.38. The van der Waals surface area contributed by atoms with Crippen LogP contribution in [0.1, 0.15) is 16.1 Å². The number of rotatable bonds is 6. The Hall–Kier alpha value is -4.33. The van der Waals surface area contributed by atoms with Crippen LogP contribution >= 0.6 is 0 Å². The van der Waals surface area contributed by atoms with Crippen molar-refractivity contribution in [1.82, 2.24) is 10.1 Å². The molecule has 2 aromatic heterocycles. The number of carbonyl (C=O) groups excluding carboxylic acids is 1. The van der Waals surface area contributed by atoms with E-state index in [0.717, 1.165) is 16.8 Å². The second-order valence-corrected chi connectivity index (χ2v) is 8.07. The van der Waals surface area contributed by atoms with Gasteiger partial charge in [0, 0.05) is 37.6 Å². The molecule has 0 atom stereocenters. The van der Waals surface area contributed by atoms with Gasteiger partial charge in [0.1, 0.15) is 19.0 Å². The molecular weight excluding hydrogens is 432 g/mol. The van der Waals surface area contributed by atoms with Crippen LogP contribution in [0.5, 0.6) is 11.5 Å². The number of hydrogen-bond donors (Lipinski definition) is 0. The SMILES string of the molecule is CN(C)c1ccc(CN(C(=O)c2cc(-c3ccc4c(c3)OCCO4)on2)c2ccccn2)cc1. The topological polar surface area (TPSA) is 80.9 Å². The van der Waals surface area contributed by atoms with E-state index in [9.17, 15) is 4.79 Å². The molecular formula is C26H24N4O4. The van der Waals surface area contributed by atoms with Crippen LogP contribution in [0.3, 0.4) is 0 Å². The van der Waals surface area contributed by atoms with Crippen LogP contribution in [0.4, 0.5) is 11.5 Å². The molecule has 0 unspecified atom stereocenters. The molecule has 34 heavy (non-hydrogen) atoms. The summed E-state index contributed by atoms with van der Waals surface area (Å²) in [4.78, 5) is 21.5. The maximum Gasteiger partial charge on any atom is 0.281 e. The molecule has 0 radical (unpaired) electrons. The van der Waals surface area contributed by atoms with Crippen molar-refractivity contribution >= 4 is 17.4 Å². The summed E-state index contributed by atoms with van der Waals surface area (Å²) in [5.74, 6) is 2.03. The van der Waals surface area contributed by atoms with Crippen LogP contribution in [-0.2, 0) is 6.54 Å². The summed E-state index contributed by atoms with van der Waals surface area (Å²) in [6, 6.07) is 20.6. The number of benzene rings is 2. The molecule has 1 amide bonds. The van der Waals surface area contributed by atoms with E-state index in [2.05, 4.69) is 10.1 Å². The van der Waals surface area contributed by atoms with Gasteiger partial charge in [0.05, 0.1) is 6.54 Å². The van der Waals surface area contributed by atoms with Crippen molar-refractivity contribution in [1.29, 1.82) is 0 Å². The molecule has 1 aliphatic heterocycles. The van der Waals surface area contributed by atoms with Gasteiger partial charge in [-0.25, -0.2) is 4.98 Å². The third-order valence-corrected chi connectivity index (χ3v) is 5.52. The molecule has 172 valence electrons. The molecule has 0 spiro atoms. The fraction of sp³-hybridized carbons (Fsp3) is 0.192. The minimum absolute atomic E-state index is 0.195. The molecule has 0 N–H and O–H groups in total. The Morgan fingerprint density at radius 2 is 1.74 bits per heavy atom. The van der Waals surface area contributed by atoms with Crippen molar-refractivity contribution in [2.24, 2.45) is 0 Å². The van der Waals surface area contributed by atoms with Crippen LogP contribution in [0.25, 0.3) is 11.3 Å². The quantitative estimate of drug-likeness (QED) is 0.425. The third kappa shape index (κ3) is 4.43. The first-order chi connectivity index (χ1) is 16.6. The minimum atomic E-state index is -0.303. The zero-order valence-electron chi connectivity index (χ0n) is 19.0. The number of hydrogen-bond acceptors (Lipinski definition) is 7. The van der Waals surface area contributed by atoms with Crippen LogP contribution in [0.2, 0.25) is 0 Å². The first-order valence-electron chi connectivity index (χ1n) is 10.9. The van der Waals surface area contributed by atoms with E-state index >= 15 is 0 Å². The number of nitrogens with zero attached hydrogens (tertiary/aromatic N) is 4. The highest BCUT2D eigenvalue weighted by Gasteiger charge is 2.24. The van der Waals surface area contributed by atoms with Crippen LogP contribution in [0, 0.1) is 0 Å². The Labute approximate surface area is 197 Å². The number of ether oxygens (including phenoxy) is 2. The molecule has 1 aliphatic rings. The Morgan fingerprint density at radius 3 is 2.47 bits per heavy atom. The molecule has 4 aromatic rings. The first-order valence-corrected chi connectivity index (χ1v) is 10.9. The fourth-order valence-corrected chi connectivity index (χ4v) is 3.70. The standard InChI is InChI=1S/C26H24N4O4/c1-29(2)20-9-6-18(7-10-20)17-30(25-5-3-4-12-27-25)26(31)21-16-23(34-28-21)19-8-11-22-24(15-19)33-14-13-32-22/h3-12,15-16H,13-14,17H2,1-2H3. The summed E-state index contributed by atoms with van der Waals surface area (Å²) >= 11 is 0. The van der Waals surface area contributed by atoms with Crippen LogP contribution in [0.15, 0.2) is 77.4 Å². The number of carbonyl (C=O) groups is 1. The summed E-state index contributed by atoms with van der Waals surface area (Å²) in [6.45, 7) is 1.36. The summed E-state index contributed by atoms with van der Waals surface area (Å²) in [5.41, 5.74) is 3.00. The zero-order chi connectivity index (χ0) is 23.5. The smallest absolute Gasteiger partial charge is 0.281 e. The number of anilines is 2. The monoisotopic (exact) mass is 456 g/mol. The maximum absolute atomic E-state index is 13.5. The fourth-order valence-electron chi connectivity index (χ4n) is 3.70. The lowest BCUT2D eigenvalue weighted by Crippen LogP contribution is -2.31. The lowest BCUT2D eigenvalue weighted by molar-refractivity contribution is 0.0975. The van der Waals surface area contributed by atoms with Gasteiger partial charge in [-0.1, -0.05) is 23.4 Å². The normalized spacial score (nSPS) is 12.3. The van der Waals surface area contributed by atoms with E-state index in [0.29, 0.717) is 42.8 Å². The molecule has 2 aromatic carbocycles. The average molecular weight is 457 g/mol. The van der Waals surface area contributed by atoms with Crippen LogP contribution in [-0.4, -0.2) is 43.4 Å². The summed E-state index contributed by atoms with van der Waals surface area (Å²) < 4.78 is 16.7. The number of amides is 1. The lowest BCUT2D eigenvalue weighted by Gasteiger charge is -2.21. The summed E-state index contributed by atoms with van der Waals surface area (Å²) in [6.07, 6.45) is 1.66. The molecule has 0 aliphatic carbocycles. The molecule has 5 rings (SSSR count). The van der Waals surface area contributed by atoms with Crippen molar-refractivity contribution < 1.29 is 18.8 Å². The van der Waals surface area contributed by atoms with Gasteiger partial charge in [0.25, 0.3) is 5.91 Å². The van der Waals surface area contributed by atoms with Gasteiger partial charge >= 0.3 is 0 Å². The highest BCUT2D eigenvalue weighted by atomic mass is 16.6. The van der Waals surface area contributed by atoms with Gasteiger partial charge in [-0.3, -0.25) is 9.69 Å². The molecule has 8 nitrogen and oxygen atoms in total. The Bertz CT molecular complexity index is 1290. The van der Waals surface area contributed by atoms with Gasteiger partial charge in [0.2, 0.25) is 0 Å². The largest absolute Gasteiger partial charge is 0.486 e. The predicted molar refractivity (Wildman–Crippen MR) is 128 cm³/mol.